The molecule has 5 nitrogen and oxygen atoms in total. The third kappa shape index (κ3) is 2.50. The standard InChI is InChI=1S/C13H13N3O2S/c17-13(18)11-7-19-12-6-16(2-1-10(11)12)5-9-3-14-8-15-4-9/h3-4,7-8H,1-2,5-6H2,(H,17,18). The molecule has 0 aliphatic carbocycles. The average molecular weight is 275 g/mol. The van der Waals surface area contributed by atoms with Gasteiger partial charge in [0.15, 0.2) is 0 Å². The van der Waals surface area contributed by atoms with E-state index in [1.54, 1.807) is 16.7 Å². The highest BCUT2D eigenvalue weighted by Crippen LogP contribution is 2.29. The zero-order chi connectivity index (χ0) is 13.2. The van der Waals surface area contributed by atoms with Gasteiger partial charge in [0.1, 0.15) is 6.33 Å². The quantitative estimate of drug-likeness (QED) is 0.925. The SMILES string of the molecule is O=C(O)c1csc2c1CCN(Cc1cncnc1)C2. The Kier molecular flexibility index (Phi) is 3.27. The first-order chi connectivity index (χ1) is 9.24. The second-order valence-corrected chi connectivity index (χ2v) is 5.53. The lowest BCUT2D eigenvalue weighted by Gasteiger charge is -2.26. The largest absolute Gasteiger partial charge is 0.478 e. The number of carbonyl (C=O) groups is 1. The number of rotatable bonds is 3. The van der Waals surface area contributed by atoms with Crippen LogP contribution in [0.4, 0.5) is 0 Å². The Balaban J connectivity index is 1.74. The van der Waals surface area contributed by atoms with Crippen LogP contribution in [0.15, 0.2) is 24.1 Å². The highest BCUT2D eigenvalue weighted by molar-refractivity contribution is 7.10. The van der Waals surface area contributed by atoms with Gasteiger partial charge in [-0.25, -0.2) is 14.8 Å². The van der Waals surface area contributed by atoms with E-state index in [1.165, 1.54) is 11.2 Å². The van der Waals surface area contributed by atoms with Gasteiger partial charge in [0.25, 0.3) is 0 Å². The molecule has 0 amide bonds. The van der Waals surface area contributed by atoms with Crippen LogP contribution in [0.1, 0.15) is 26.4 Å². The number of nitrogens with zero attached hydrogens (tertiary/aromatic N) is 3. The third-order valence-corrected chi connectivity index (χ3v) is 4.29. The van der Waals surface area contributed by atoms with Crippen LogP contribution in [0.2, 0.25) is 0 Å². The van der Waals surface area contributed by atoms with E-state index >= 15 is 0 Å². The summed E-state index contributed by atoms with van der Waals surface area (Å²) in [5.41, 5.74) is 2.57. The minimum absolute atomic E-state index is 0.475. The van der Waals surface area contributed by atoms with Gasteiger partial charge in [-0.15, -0.1) is 11.3 Å². The highest BCUT2D eigenvalue weighted by Gasteiger charge is 2.23. The molecule has 3 rings (SSSR count). The van der Waals surface area contributed by atoms with Crippen molar-refractivity contribution in [1.82, 2.24) is 14.9 Å². The Bertz CT molecular complexity index is 597. The Hall–Kier alpha value is -1.79. The lowest BCUT2D eigenvalue weighted by molar-refractivity contribution is 0.0695. The molecule has 3 heterocycles. The zero-order valence-corrected chi connectivity index (χ0v) is 11.1. The van der Waals surface area contributed by atoms with Crippen LogP contribution >= 0.6 is 11.3 Å². The summed E-state index contributed by atoms with van der Waals surface area (Å²) in [5.74, 6) is -0.817. The fourth-order valence-corrected chi connectivity index (χ4v) is 3.48. The average Bonchev–Trinajstić information content (AvgIpc) is 2.83. The van der Waals surface area contributed by atoms with Crippen LogP contribution in [0.5, 0.6) is 0 Å². The molecule has 19 heavy (non-hydrogen) atoms. The smallest absolute Gasteiger partial charge is 0.336 e. The van der Waals surface area contributed by atoms with Crippen LogP contribution in [0.25, 0.3) is 0 Å². The molecular formula is C13H13N3O2S. The summed E-state index contributed by atoms with van der Waals surface area (Å²) in [6, 6.07) is 0. The number of thiophene rings is 1. The predicted octanol–water partition coefficient (Wildman–Crippen LogP) is 1.79. The van der Waals surface area contributed by atoms with Gasteiger partial charge >= 0.3 is 5.97 Å². The number of fused-ring (bicyclic) bond motifs is 1. The van der Waals surface area contributed by atoms with Gasteiger partial charge in [-0.05, 0) is 12.0 Å². The van der Waals surface area contributed by atoms with E-state index in [-0.39, 0.29) is 0 Å². The minimum Gasteiger partial charge on any atom is -0.478 e. The number of aromatic carboxylic acids is 1. The minimum atomic E-state index is -0.817. The summed E-state index contributed by atoms with van der Waals surface area (Å²) in [6.07, 6.45) is 5.96. The number of hydrogen-bond acceptors (Lipinski definition) is 5. The van der Waals surface area contributed by atoms with Crippen molar-refractivity contribution in [2.75, 3.05) is 6.54 Å². The Labute approximate surface area is 114 Å². The van der Waals surface area contributed by atoms with Crippen molar-refractivity contribution in [3.05, 3.63) is 45.7 Å². The van der Waals surface area contributed by atoms with Crippen LogP contribution in [-0.2, 0) is 19.5 Å². The number of carboxylic acids is 1. The van der Waals surface area contributed by atoms with E-state index in [0.717, 1.165) is 37.2 Å². The number of hydrogen-bond donors (Lipinski definition) is 1. The first-order valence-corrected chi connectivity index (χ1v) is 6.91. The first kappa shape index (κ1) is 12.3. The predicted molar refractivity (Wildman–Crippen MR) is 71.1 cm³/mol. The van der Waals surface area contributed by atoms with Gasteiger partial charge in [0, 0.05) is 47.8 Å². The van der Waals surface area contributed by atoms with Gasteiger partial charge in [0.05, 0.1) is 5.56 Å². The fourth-order valence-electron chi connectivity index (χ4n) is 2.37. The second-order valence-electron chi connectivity index (χ2n) is 4.56. The van der Waals surface area contributed by atoms with E-state index < -0.39 is 5.97 Å². The molecule has 0 fully saturated rings. The molecule has 1 N–H and O–H groups in total. The first-order valence-electron chi connectivity index (χ1n) is 6.03. The Morgan fingerprint density at radius 3 is 2.95 bits per heavy atom. The molecule has 1 aliphatic rings. The molecule has 2 aromatic heterocycles. The summed E-state index contributed by atoms with van der Waals surface area (Å²) >= 11 is 1.54. The fraction of sp³-hybridized carbons (Fsp3) is 0.308. The third-order valence-electron chi connectivity index (χ3n) is 3.28. The molecule has 6 heteroatoms. The normalized spacial score (nSPS) is 15.2. The van der Waals surface area contributed by atoms with Crippen LogP contribution in [0.3, 0.4) is 0 Å². The van der Waals surface area contributed by atoms with Crippen LogP contribution < -0.4 is 0 Å². The van der Waals surface area contributed by atoms with Crippen molar-refractivity contribution < 1.29 is 9.90 Å². The molecule has 98 valence electrons. The molecule has 0 saturated carbocycles. The topological polar surface area (TPSA) is 66.3 Å². The number of carboxylic acid groups (broad SMARTS) is 1. The van der Waals surface area contributed by atoms with Gasteiger partial charge in [-0.2, -0.15) is 0 Å². The van der Waals surface area contributed by atoms with E-state index in [0.29, 0.717) is 5.56 Å². The maximum atomic E-state index is 11.1. The maximum absolute atomic E-state index is 11.1. The molecule has 0 atom stereocenters. The Morgan fingerprint density at radius 2 is 2.21 bits per heavy atom. The Morgan fingerprint density at radius 1 is 1.42 bits per heavy atom. The van der Waals surface area contributed by atoms with Gasteiger partial charge in [-0.3, -0.25) is 4.90 Å². The summed E-state index contributed by atoms with van der Waals surface area (Å²) in [6.45, 7) is 2.49. The molecular weight excluding hydrogens is 262 g/mol. The van der Waals surface area contributed by atoms with E-state index in [4.69, 9.17) is 5.11 Å². The van der Waals surface area contributed by atoms with Gasteiger partial charge in [0.2, 0.25) is 0 Å². The van der Waals surface area contributed by atoms with Crippen molar-refractivity contribution in [3.63, 3.8) is 0 Å². The monoisotopic (exact) mass is 275 g/mol. The van der Waals surface area contributed by atoms with E-state index in [1.807, 2.05) is 12.4 Å². The lowest BCUT2D eigenvalue weighted by Crippen LogP contribution is -2.29. The molecule has 1 aliphatic heterocycles. The maximum Gasteiger partial charge on any atom is 0.336 e. The molecule has 0 aromatic carbocycles. The molecule has 2 aromatic rings. The van der Waals surface area contributed by atoms with Gasteiger partial charge < -0.3 is 5.11 Å². The lowest BCUT2D eigenvalue weighted by atomic mass is 10.0. The molecule has 0 radical (unpaired) electrons. The van der Waals surface area contributed by atoms with Crippen molar-refractivity contribution in [2.24, 2.45) is 0 Å². The summed E-state index contributed by atoms with van der Waals surface area (Å²) < 4.78 is 0. The molecule has 0 spiro atoms. The number of aromatic nitrogens is 2. The summed E-state index contributed by atoms with van der Waals surface area (Å²) in [7, 11) is 0. The highest BCUT2D eigenvalue weighted by atomic mass is 32.1. The van der Waals surface area contributed by atoms with Crippen molar-refractivity contribution in [1.29, 1.82) is 0 Å². The van der Waals surface area contributed by atoms with Crippen molar-refractivity contribution in [3.8, 4) is 0 Å². The zero-order valence-electron chi connectivity index (χ0n) is 10.2. The van der Waals surface area contributed by atoms with Crippen molar-refractivity contribution >= 4 is 17.3 Å². The summed E-state index contributed by atoms with van der Waals surface area (Å²) in [5, 5.41) is 10.9. The second kappa shape index (κ2) is 5.07. The summed E-state index contributed by atoms with van der Waals surface area (Å²) in [4.78, 5) is 22.6. The van der Waals surface area contributed by atoms with E-state index in [9.17, 15) is 4.79 Å². The van der Waals surface area contributed by atoms with Crippen LogP contribution in [-0.4, -0.2) is 32.5 Å². The van der Waals surface area contributed by atoms with Crippen molar-refractivity contribution in [2.45, 2.75) is 19.5 Å². The molecule has 0 bridgehead atoms. The molecule has 0 saturated heterocycles. The molecule has 0 unspecified atom stereocenters. The van der Waals surface area contributed by atoms with E-state index in [2.05, 4.69) is 14.9 Å². The van der Waals surface area contributed by atoms with Gasteiger partial charge in [-0.1, -0.05) is 0 Å². The van der Waals surface area contributed by atoms with Crippen LogP contribution in [0, 0.1) is 0 Å².